The first-order chi connectivity index (χ1) is 7.72. The second-order valence-corrected chi connectivity index (χ2v) is 3.31. The fourth-order valence-corrected chi connectivity index (χ4v) is 1.14. The molecule has 1 N–H and O–H groups in total. The smallest absolute Gasteiger partial charge is 0.330 e. The summed E-state index contributed by atoms with van der Waals surface area (Å²) in [5.41, 5.74) is 0. The molecule has 0 atom stereocenters. The van der Waals surface area contributed by atoms with Crippen LogP contribution >= 0.6 is 0 Å². The van der Waals surface area contributed by atoms with Gasteiger partial charge in [-0.25, -0.2) is 4.79 Å². The lowest BCUT2D eigenvalue weighted by molar-refractivity contribution is -0.135. The lowest BCUT2D eigenvalue weighted by Crippen LogP contribution is -2.31. The third kappa shape index (κ3) is 4.59. The molecule has 0 bridgehead atoms. The maximum atomic E-state index is 11.3. The van der Waals surface area contributed by atoms with Crippen LogP contribution < -0.4 is 10.1 Å². The van der Waals surface area contributed by atoms with Crippen LogP contribution in [0.1, 0.15) is 19.8 Å². The van der Waals surface area contributed by atoms with E-state index >= 15 is 0 Å². The Morgan fingerprint density at radius 2 is 1.94 bits per heavy atom. The van der Waals surface area contributed by atoms with E-state index in [2.05, 4.69) is 5.32 Å². The molecule has 0 aliphatic carbocycles. The Hall–Kier alpha value is -1.84. The van der Waals surface area contributed by atoms with Gasteiger partial charge >= 0.3 is 5.97 Å². The average molecular weight is 221 g/mol. The first-order valence-corrected chi connectivity index (χ1v) is 5.24. The van der Waals surface area contributed by atoms with Crippen molar-refractivity contribution in [2.75, 3.05) is 6.54 Å². The van der Waals surface area contributed by atoms with Crippen molar-refractivity contribution in [2.24, 2.45) is 0 Å². The number of hydrogen-bond donors (Lipinski definition) is 1. The van der Waals surface area contributed by atoms with Crippen molar-refractivity contribution in [1.29, 1.82) is 0 Å². The van der Waals surface area contributed by atoms with E-state index in [0.29, 0.717) is 12.2 Å². The van der Waals surface area contributed by atoms with E-state index in [0.717, 1.165) is 6.42 Å². The van der Waals surface area contributed by atoms with E-state index in [1.54, 1.807) is 24.3 Å². The predicted molar refractivity (Wildman–Crippen MR) is 60.0 cm³/mol. The molecule has 86 valence electrons. The highest BCUT2D eigenvalue weighted by Gasteiger charge is 2.06. The molecule has 0 heterocycles. The average Bonchev–Trinajstić information content (AvgIpc) is 2.28. The van der Waals surface area contributed by atoms with Crippen molar-refractivity contribution in [3.8, 4) is 5.75 Å². The van der Waals surface area contributed by atoms with E-state index < -0.39 is 5.97 Å². The largest absolute Gasteiger partial charge is 0.425 e. The van der Waals surface area contributed by atoms with Gasteiger partial charge in [-0.15, -0.1) is 0 Å². The van der Waals surface area contributed by atoms with Gasteiger partial charge in [-0.2, -0.15) is 0 Å². The summed E-state index contributed by atoms with van der Waals surface area (Å²) in [7, 11) is 0. The van der Waals surface area contributed by atoms with Gasteiger partial charge in [-0.3, -0.25) is 4.79 Å². The molecule has 4 heteroatoms. The van der Waals surface area contributed by atoms with E-state index in [4.69, 9.17) is 4.74 Å². The quantitative estimate of drug-likeness (QED) is 0.605. The monoisotopic (exact) mass is 221 g/mol. The van der Waals surface area contributed by atoms with Crippen molar-refractivity contribution in [3.63, 3.8) is 0 Å². The molecule has 1 aromatic carbocycles. The molecule has 0 radical (unpaired) electrons. The Labute approximate surface area is 94.6 Å². The lowest BCUT2D eigenvalue weighted by Gasteiger charge is -2.05. The van der Waals surface area contributed by atoms with Crippen LogP contribution in [-0.2, 0) is 9.59 Å². The van der Waals surface area contributed by atoms with Gasteiger partial charge in [0.2, 0.25) is 5.91 Å². The maximum Gasteiger partial charge on any atom is 0.330 e. The van der Waals surface area contributed by atoms with Crippen LogP contribution in [-0.4, -0.2) is 18.4 Å². The molecule has 0 unspecified atom stereocenters. The zero-order chi connectivity index (χ0) is 11.8. The number of ether oxygens (including phenoxy) is 1. The van der Waals surface area contributed by atoms with Crippen molar-refractivity contribution in [2.45, 2.75) is 19.8 Å². The SMILES string of the molecule is CCCC(=O)NCC(=O)Oc1ccccc1. The normalized spacial score (nSPS) is 9.56. The van der Waals surface area contributed by atoms with Crippen molar-refractivity contribution in [3.05, 3.63) is 30.3 Å². The number of para-hydroxylation sites is 1. The van der Waals surface area contributed by atoms with Gasteiger partial charge in [0.1, 0.15) is 12.3 Å². The number of carbonyl (C=O) groups is 2. The first-order valence-electron chi connectivity index (χ1n) is 5.24. The van der Waals surface area contributed by atoms with E-state index in [9.17, 15) is 9.59 Å². The van der Waals surface area contributed by atoms with Crippen molar-refractivity contribution in [1.82, 2.24) is 5.32 Å². The number of carbonyl (C=O) groups excluding carboxylic acids is 2. The standard InChI is InChI=1S/C12H15NO3/c1-2-6-11(14)13-9-12(15)16-10-7-4-3-5-8-10/h3-5,7-8H,2,6,9H2,1H3,(H,13,14). The van der Waals surface area contributed by atoms with Gasteiger partial charge in [-0.1, -0.05) is 25.1 Å². The summed E-state index contributed by atoms with van der Waals surface area (Å²) in [6.07, 6.45) is 1.19. The van der Waals surface area contributed by atoms with Gasteiger partial charge in [0, 0.05) is 6.42 Å². The van der Waals surface area contributed by atoms with Crippen LogP contribution in [0.3, 0.4) is 0 Å². The third-order valence-electron chi connectivity index (χ3n) is 1.88. The maximum absolute atomic E-state index is 11.3. The molecule has 0 aliphatic heterocycles. The third-order valence-corrected chi connectivity index (χ3v) is 1.88. The van der Waals surface area contributed by atoms with Gasteiger partial charge in [0.15, 0.2) is 0 Å². The van der Waals surface area contributed by atoms with Crippen LogP contribution in [0.5, 0.6) is 5.75 Å². The molecule has 0 saturated heterocycles. The number of rotatable bonds is 5. The lowest BCUT2D eigenvalue weighted by atomic mass is 10.3. The number of esters is 1. The van der Waals surface area contributed by atoms with Crippen LogP contribution in [0.15, 0.2) is 30.3 Å². The molecule has 4 nitrogen and oxygen atoms in total. The van der Waals surface area contributed by atoms with E-state index in [1.807, 2.05) is 13.0 Å². The second kappa shape index (κ2) is 6.61. The Kier molecular flexibility index (Phi) is 5.05. The van der Waals surface area contributed by atoms with E-state index in [1.165, 1.54) is 0 Å². The van der Waals surface area contributed by atoms with Gasteiger partial charge < -0.3 is 10.1 Å². The fraction of sp³-hybridized carbons (Fsp3) is 0.333. The summed E-state index contributed by atoms with van der Waals surface area (Å²) in [4.78, 5) is 22.4. The highest BCUT2D eigenvalue weighted by Crippen LogP contribution is 2.07. The molecule has 16 heavy (non-hydrogen) atoms. The summed E-state index contributed by atoms with van der Waals surface area (Å²) < 4.78 is 4.99. The molecule has 0 aliphatic rings. The number of amides is 1. The minimum Gasteiger partial charge on any atom is -0.425 e. The number of nitrogens with one attached hydrogen (secondary N) is 1. The number of benzene rings is 1. The van der Waals surface area contributed by atoms with Gasteiger partial charge in [0.25, 0.3) is 0 Å². The molecule has 1 amide bonds. The predicted octanol–water partition coefficient (Wildman–Crippen LogP) is 1.51. The molecule has 1 aromatic rings. The second-order valence-electron chi connectivity index (χ2n) is 3.31. The summed E-state index contributed by atoms with van der Waals surface area (Å²) >= 11 is 0. The minimum absolute atomic E-state index is 0.0896. The topological polar surface area (TPSA) is 55.4 Å². The highest BCUT2D eigenvalue weighted by atomic mass is 16.5. The molecule has 1 rings (SSSR count). The molecular weight excluding hydrogens is 206 g/mol. The summed E-state index contributed by atoms with van der Waals surface area (Å²) in [6, 6.07) is 8.76. The molecule has 0 fully saturated rings. The number of hydrogen-bond acceptors (Lipinski definition) is 3. The van der Waals surface area contributed by atoms with Gasteiger partial charge in [0.05, 0.1) is 0 Å². The Morgan fingerprint density at radius 3 is 2.56 bits per heavy atom. The van der Waals surface area contributed by atoms with Crippen molar-refractivity contribution < 1.29 is 14.3 Å². The highest BCUT2D eigenvalue weighted by molar-refractivity contribution is 5.82. The van der Waals surface area contributed by atoms with Crippen LogP contribution in [0.2, 0.25) is 0 Å². The summed E-state index contributed by atoms with van der Waals surface area (Å²) in [5.74, 6) is -0.111. The Balaban J connectivity index is 2.29. The zero-order valence-corrected chi connectivity index (χ0v) is 9.23. The fourth-order valence-electron chi connectivity index (χ4n) is 1.14. The first kappa shape index (κ1) is 12.2. The van der Waals surface area contributed by atoms with Crippen molar-refractivity contribution >= 4 is 11.9 Å². The van der Waals surface area contributed by atoms with Crippen LogP contribution in [0.25, 0.3) is 0 Å². The molecular formula is C12H15NO3. The van der Waals surface area contributed by atoms with E-state index in [-0.39, 0.29) is 12.5 Å². The molecule has 0 spiro atoms. The summed E-state index contributed by atoms with van der Waals surface area (Å²) in [5, 5.41) is 2.49. The van der Waals surface area contributed by atoms with Crippen LogP contribution in [0.4, 0.5) is 0 Å². The Morgan fingerprint density at radius 1 is 1.25 bits per heavy atom. The molecule has 0 saturated carbocycles. The van der Waals surface area contributed by atoms with Crippen LogP contribution in [0, 0.1) is 0 Å². The minimum atomic E-state index is -0.462. The zero-order valence-electron chi connectivity index (χ0n) is 9.23. The Bertz CT molecular complexity index is 349. The van der Waals surface area contributed by atoms with Gasteiger partial charge in [-0.05, 0) is 18.6 Å². The molecule has 0 aromatic heterocycles. The summed E-state index contributed by atoms with van der Waals surface area (Å²) in [6.45, 7) is 1.82.